The summed E-state index contributed by atoms with van der Waals surface area (Å²) in [7, 11) is 0. The van der Waals surface area contributed by atoms with Crippen LogP contribution in [0.2, 0.25) is 0 Å². The number of morpholine rings is 1. The highest BCUT2D eigenvalue weighted by Gasteiger charge is 2.21. The molecule has 2 atom stereocenters. The molecule has 1 aliphatic rings. The Hall–Kier alpha value is -0.910. The fourth-order valence-electron chi connectivity index (χ4n) is 2.94. The molecule has 0 saturated carbocycles. The smallest absolute Gasteiger partial charge is 0.0678 e. The van der Waals surface area contributed by atoms with Crippen LogP contribution < -0.4 is 5.32 Å². The van der Waals surface area contributed by atoms with Gasteiger partial charge >= 0.3 is 0 Å². The monoisotopic (exact) mass is 280 g/mol. The van der Waals surface area contributed by atoms with E-state index in [4.69, 9.17) is 4.74 Å². The first-order valence-corrected chi connectivity index (χ1v) is 7.65. The number of rotatable bonds is 6. The first-order chi connectivity index (χ1) is 9.56. The van der Waals surface area contributed by atoms with Crippen molar-refractivity contribution in [3.05, 3.63) is 17.0 Å². The molecule has 114 valence electrons. The molecular formula is C15H28N4O. The second-order valence-corrected chi connectivity index (χ2v) is 5.96. The fourth-order valence-corrected chi connectivity index (χ4v) is 2.94. The van der Waals surface area contributed by atoms with Crippen LogP contribution in [0.5, 0.6) is 0 Å². The molecule has 5 heteroatoms. The molecule has 1 fully saturated rings. The van der Waals surface area contributed by atoms with Crippen LogP contribution in [0.3, 0.4) is 0 Å². The highest BCUT2D eigenvalue weighted by atomic mass is 16.5. The minimum Gasteiger partial charge on any atom is -0.373 e. The van der Waals surface area contributed by atoms with E-state index < -0.39 is 0 Å². The number of aryl methyl sites for hydroxylation is 2. The van der Waals surface area contributed by atoms with Crippen molar-refractivity contribution >= 4 is 0 Å². The molecule has 1 aromatic rings. The molecule has 0 spiro atoms. The number of hydrogen-bond acceptors (Lipinski definition) is 4. The normalized spacial score (nSPS) is 24.2. The van der Waals surface area contributed by atoms with Crippen LogP contribution in [-0.2, 0) is 11.3 Å². The van der Waals surface area contributed by atoms with Gasteiger partial charge < -0.3 is 10.1 Å². The van der Waals surface area contributed by atoms with Gasteiger partial charge in [-0.1, -0.05) is 0 Å². The Morgan fingerprint density at radius 1 is 1.30 bits per heavy atom. The first-order valence-electron chi connectivity index (χ1n) is 7.65. The Morgan fingerprint density at radius 2 is 2.00 bits per heavy atom. The van der Waals surface area contributed by atoms with Crippen LogP contribution in [-0.4, -0.2) is 53.5 Å². The Bertz CT molecular complexity index is 389. The van der Waals surface area contributed by atoms with Crippen LogP contribution in [0, 0.1) is 13.8 Å². The van der Waals surface area contributed by atoms with Gasteiger partial charge in [0.25, 0.3) is 0 Å². The largest absolute Gasteiger partial charge is 0.373 e. The van der Waals surface area contributed by atoms with Crippen molar-refractivity contribution in [1.29, 1.82) is 0 Å². The molecule has 0 aromatic carbocycles. The molecule has 1 saturated heterocycles. The van der Waals surface area contributed by atoms with E-state index in [-0.39, 0.29) is 0 Å². The van der Waals surface area contributed by atoms with Gasteiger partial charge in [-0.15, -0.1) is 0 Å². The zero-order valence-corrected chi connectivity index (χ0v) is 13.2. The van der Waals surface area contributed by atoms with Crippen LogP contribution in [0.4, 0.5) is 0 Å². The summed E-state index contributed by atoms with van der Waals surface area (Å²) in [6, 6.07) is 0. The summed E-state index contributed by atoms with van der Waals surface area (Å²) in [5.41, 5.74) is 3.58. The molecule has 0 aliphatic carbocycles. The van der Waals surface area contributed by atoms with Crippen molar-refractivity contribution in [2.24, 2.45) is 0 Å². The maximum Gasteiger partial charge on any atom is 0.0678 e. The highest BCUT2D eigenvalue weighted by Crippen LogP contribution is 2.11. The Morgan fingerprint density at radius 3 is 2.60 bits per heavy atom. The lowest BCUT2D eigenvalue weighted by Gasteiger charge is -2.35. The molecule has 20 heavy (non-hydrogen) atoms. The number of aromatic nitrogens is 2. The standard InChI is InChI=1S/C15H28N4O/c1-11-9-19(10-12(2)20-11)7-5-6-16-8-15-13(3)17-18-14(15)4/h11-12,16H,5-10H2,1-4H3,(H,17,18)/t11-,12-/m1/s1. The van der Waals surface area contributed by atoms with Gasteiger partial charge in [0.05, 0.1) is 17.9 Å². The summed E-state index contributed by atoms with van der Waals surface area (Å²) < 4.78 is 5.75. The molecule has 1 aliphatic heterocycles. The zero-order valence-electron chi connectivity index (χ0n) is 13.2. The summed E-state index contributed by atoms with van der Waals surface area (Å²) in [6.07, 6.45) is 1.90. The van der Waals surface area contributed by atoms with E-state index in [9.17, 15) is 0 Å². The Labute approximate surface area is 122 Å². The maximum absolute atomic E-state index is 5.75. The number of nitrogens with zero attached hydrogens (tertiary/aromatic N) is 2. The van der Waals surface area contributed by atoms with Gasteiger partial charge in [-0.3, -0.25) is 10.00 Å². The maximum atomic E-state index is 5.75. The van der Waals surface area contributed by atoms with Crippen LogP contribution in [0.25, 0.3) is 0 Å². The molecule has 2 heterocycles. The lowest BCUT2D eigenvalue weighted by Crippen LogP contribution is -2.46. The Balaban J connectivity index is 1.62. The second kappa shape index (κ2) is 7.20. The molecule has 0 radical (unpaired) electrons. The fraction of sp³-hybridized carbons (Fsp3) is 0.800. The van der Waals surface area contributed by atoms with Crippen LogP contribution in [0.15, 0.2) is 0 Å². The summed E-state index contributed by atoms with van der Waals surface area (Å²) >= 11 is 0. The lowest BCUT2D eigenvalue weighted by molar-refractivity contribution is -0.0680. The average Bonchev–Trinajstić information content (AvgIpc) is 2.68. The van der Waals surface area contributed by atoms with Crippen LogP contribution in [0.1, 0.15) is 37.2 Å². The van der Waals surface area contributed by atoms with Crippen molar-refractivity contribution in [2.75, 3.05) is 26.2 Å². The van der Waals surface area contributed by atoms with Crippen molar-refractivity contribution in [1.82, 2.24) is 20.4 Å². The molecule has 5 nitrogen and oxygen atoms in total. The summed E-state index contributed by atoms with van der Waals surface area (Å²) in [5.74, 6) is 0. The van der Waals surface area contributed by atoms with Crippen LogP contribution >= 0.6 is 0 Å². The lowest BCUT2D eigenvalue weighted by atomic mass is 10.2. The van der Waals surface area contributed by atoms with Crippen molar-refractivity contribution in [3.63, 3.8) is 0 Å². The minimum absolute atomic E-state index is 0.364. The number of hydrogen-bond donors (Lipinski definition) is 2. The van der Waals surface area contributed by atoms with Gasteiger partial charge in [0, 0.05) is 30.9 Å². The van der Waals surface area contributed by atoms with Gasteiger partial charge in [-0.25, -0.2) is 0 Å². The van der Waals surface area contributed by atoms with Gasteiger partial charge in [0.15, 0.2) is 0 Å². The third-order valence-electron chi connectivity index (χ3n) is 3.91. The highest BCUT2D eigenvalue weighted by molar-refractivity contribution is 5.22. The van der Waals surface area contributed by atoms with Gasteiger partial charge in [-0.2, -0.15) is 5.10 Å². The molecule has 1 aromatic heterocycles. The topological polar surface area (TPSA) is 53.2 Å². The predicted molar refractivity (Wildman–Crippen MR) is 80.8 cm³/mol. The summed E-state index contributed by atoms with van der Waals surface area (Å²) in [5, 5.41) is 10.8. The minimum atomic E-state index is 0.364. The number of nitrogens with one attached hydrogen (secondary N) is 2. The van der Waals surface area contributed by atoms with E-state index in [2.05, 4.69) is 48.1 Å². The van der Waals surface area contributed by atoms with Crippen molar-refractivity contribution < 1.29 is 4.74 Å². The predicted octanol–water partition coefficient (Wildman–Crippen LogP) is 1.62. The average molecular weight is 280 g/mol. The summed E-state index contributed by atoms with van der Waals surface area (Å²) in [6.45, 7) is 13.7. The van der Waals surface area contributed by atoms with E-state index in [1.165, 1.54) is 17.7 Å². The van der Waals surface area contributed by atoms with Gasteiger partial charge in [0.1, 0.15) is 0 Å². The SMILES string of the molecule is Cc1n[nH]c(C)c1CNCCCN1C[C@@H](C)O[C@H](C)C1. The third kappa shape index (κ3) is 4.30. The molecule has 0 bridgehead atoms. The summed E-state index contributed by atoms with van der Waals surface area (Å²) in [4.78, 5) is 2.51. The molecule has 2 rings (SSSR count). The van der Waals surface area contributed by atoms with Crippen molar-refractivity contribution in [3.8, 4) is 0 Å². The van der Waals surface area contributed by atoms with Gasteiger partial charge in [-0.05, 0) is 47.2 Å². The van der Waals surface area contributed by atoms with E-state index in [1.54, 1.807) is 0 Å². The van der Waals surface area contributed by atoms with Gasteiger partial charge in [0.2, 0.25) is 0 Å². The zero-order chi connectivity index (χ0) is 14.5. The van der Waals surface area contributed by atoms with E-state index in [0.29, 0.717) is 12.2 Å². The quantitative estimate of drug-likeness (QED) is 0.778. The Kier molecular flexibility index (Phi) is 5.57. The number of aromatic amines is 1. The van der Waals surface area contributed by atoms with E-state index in [1.807, 2.05) is 0 Å². The van der Waals surface area contributed by atoms with E-state index >= 15 is 0 Å². The molecular weight excluding hydrogens is 252 g/mol. The molecule has 2 N–H and O–H groups in total. The first kappa shape index (κ1) is 15.5. The third-order valence-corrected chi connectivity index (χ3v) is 3.91. The van der Waals surface area contributed by atoms with E-state index in [0.717, 1.165) is 38.4 Å². The molecule has 0 unspecified atom stereocenters. The number of H-pyrrole nitrogens is 1. The van der Waals surface area contributed by atoms with Crippen molar-refractivity contribution in [2.45, 2.75) is 52.9 Å². The molecule has 0 amide bonds. The second-order valence-electron chi connectivity index (χ2n) is 5.96. The number of ether oxygens (including phenoxy) is 1.